The highest BCUT2D eigenvalue weighted by atomic mass is 16.5. The first-order chi connectivity index (χ1) is 10.1. The van der Waals surface area contributed by atoms with Crippen LogP contribution >= 0.6 is 0 Å². The highest BCUT2D eigenvalue weighted by Gasteiger charge is 2.17. The standard InChI is InChI=1S/C16H25N3O2/c1-11(9-13-5-4-8-17-13)18-14-6-7-15(19-12(2)20)16(10-14)21-3/h6-7,10-11,13,17-18H,4-5,8-9H2,1-3H3,(H,19,20). The summed E-state index contributed by atoms with van der Waals surface area (Å²) in [5, 5.41) is 9.77. The molecule has 2 atom stereocenters. The van der Waals surface area contributed by atoms with Crippen molar-refractivity contribution in [3.8, 4) is 5.75 Å². The summed E-state index contributed by atoms with van der Waals surface area (Å²) < 4.78 is 5.33. The number of hydrogen-bond donors (Lipinski definition) is 3. The molecule has 3 N–H and O–H groups in total. The molecule has 1 aromatic rings. The van der Waals surface area contributed by atoms with E-state index in [0.717, 1.165) is 18.7 Å². The largest absolute Gasteiger partial charge is 0.494 e. The van der Waals surface area contributed by atoms with E-state index in [-0.39, 0.29) is 5.91 Å². The Morgan fingerprint density at radius 3 is 2.95 bits per heavy atom. The lowest BCUT2D eigenvalue weighted by Crippen LogP contribution is -2.29. The summed E-state index contributed by atoms with van der Waals surface area (Å²) >= 11 is 0. The van der Waals surface area contributed by atoms with Crippen molar-refractivity contribution in [1.82, 2.24) is 5.32 Å². The summed E-state index contributed by atoms with van der Waals surface area (Å²) in [5.41, 5.74) is 1.70. The lowest BCUT2D eigenvalue weighted by atomic mass is 10.1. The fraction of sp³-hybridized carbons (Fsp3) is 0.562. The number of nitrogens with one attached hydrogen (secondary N) is 3. The van der Waals surface area contributed by atoms with Crippen molar-refractivity contribution in [3.05, 3.63) is 18.2 Å². The first kappa shape index (κ1) is 15.6. The second kappa shape index (κ2) is 7.31. The molecule has 1 aliphatic rings. The monoisotopic (exact) mass is 291 g/mol. The van der Waals surface area contributed by atoms with Gasteiger partial charge in [-0.15, -0.1) is 0 Å². The molecule has 1 saturated heterocycles. The summed E-state index contributed by atoms with van der Waals surface area (Å²) in [4.78, 5) is 11.1. The molecule has 1 aliphatic heterocycles. The highest BCUT2D eigenvalue weighted by molar-refractivity contribution is 5.90. The van der Waals surface area contributed by atoms with Crippen LogP contribution in [0.5, 0.6) is 5.75 Å². The molecule has 5 nitrogen and oxygen atoms in total. The van der Waals surface area contributed by atoms with Crippen molar-refractivity contribution >= 4 is 17.3 Å². The molecule has 0 radical (unpaired) electrons. The Morgan fingerprint density at radius 2 is 2.33 bits per heavy atom. The number of carbonyl (C=O) groups is 1. The molecule has 21 heavy (non-hydrogen) atoms. The van der Waals surface area contributed by atoms with Crippen LogP contribution in [-0.4, -0.2) is 31.6 Å². The van der Waals surface area contributed by atoms with Gasteiger partial charge in [-0.2, -0.15) is 0 Å². The third kappa shape index (κ3) is 4.63. The minimum Gasteiger partial charge on any atom is -0.494 e. The van der Waals surface area contributed by atoms with E-state index in [1.54, 1.807) is 7.11 Å². The molecule has 0 bridgehead atoms. The number of methoxy groups -OCH3 is 1. The predicted octanol–water partition coefficient (Wildman–Crippen LogP) is 2.60. The second-order valence-electron chi connectivity index (χ2n) is 5.67. The van der Waals surface area contributed by atoms with Crippen LogP contribution in [0, 0.1) is 0 Å². The molecular formula is C16H25N3O2. The Morgan fingerprint density at radius 1 is 1.52 bits per heavy atom. The number of anilines is 2. The van der Waals surface area contributed by atoms with Crippen LogP contribution in [0.1, 0.15) is 33.1 Å². The number of hydrogen-bond acceptors (Lipinski definition) is 4. The molecule has 5 heteroatoms. The van der Waals surface area contributed by atoms with Crippen molar-refractivity contribution in [2.24, 2.45) is 0 Å². The van der Waals surface area contributed by atoms with E-state index in [2.05, 4.69) is 22.9 Å². The minimum absolute atomic E-state index is 0.102. The van der Waals surface area contributed by atoms with Crippen LogP contribution in [0.3, 0.4) is 0 Å². The van der Waals surface area contributed by atoms with Gasteiger partial charge in [0.2, 0.25) is 5.91 Å². The smallest absolute Gasteiger partial charge is 0.221 e. The third-order valence-corrected chi connectivity index (χ3v) is 3.73. The van der Waals surface area contributed by atoms with Crippen molar-refractivity contribution in [1.29, 1.82) is 0 Å². The van der Waals surface area contributed by atoms with E-state index in [0.29, 0.717) is 23.5 Å². The molecule has 1 aromatic carbocycles. The molecule has 2 unspecified atom stereocenters. The van der Waals surface area contributed by atoms with Gasteiger partial charge in [0.05, 0.1) is 12.8 Å². The van der Waals surface area contributed by atoms with E-state index in [1.165, 1.54) is 19.8 Å². The summed E-state index contributed by atoms with van der Waals surface area (Å²) in [6.45, 7) is 4.81. The van der Waals surface area contributed by atoms with Gasteiger partial charge in [0.15, 0.2) is 0 Å². The first-order valence-electron chi connectivity index (χ1n) is 7.54. The number of ether oxygens (including phenoxy) is 1. The van der Waals surface area contributed by atoms with E-state index in [4.69, 9.17) is 4.74 Å². The molecular weight excluding hydrogens is 266 g/mol. The Labute approximate surface area is 126 Å². The molecule has 2 rings (SSSR count). The topological polar surface area (TPSA) is 62.4 Å². The van der Waals surface area contributed by atoms with Gasteiger partial charge in [-0.1, -0.05) is 0 Å². The molecule has 1 fully saturated rings. The van der Waals surface area contributed by atoms with Crippen LogP contribution in [-0.2, 0) is 4.79 Å². The molecule has 0 saturated carbocycles. The van der Waals surface area contributed by atoms with Gasteiger partial charge in [0, 0.05) is 30.8 Å². The first-order valence-corrected chi connectivity index (χ1v) is 7.54. The summed E-state index contributed by atoms with van der Waals surface area (Å²) in [6, 6.07) is 6.75. The third-order valence-electron chi connectivity index (χ3n) is 3.73. The Balaban J connectivity index is 1.97. The predicted molar refractivity (Wildman–Crippen MR) is 86.0 cm³/mol. The van der Waals surface area contributed by atoms with Crippen molar-refractivity contribution in [3.63, 3.8) is 0 Å². The van der Waals surface area contributed by atoms with Gasteiger partial charge in [0.25, 0.3) is 0 Å². The molecule has 0 spiro atoms. The fourth-order valence-electron chi connectivity index (χ4n) is 2.80. The highest BCUT2D eigenvalue weighted by Crippen LogP contribution is 2.28. The van der Waals surface area contributed by atoms with Crippen molar-refractivity contribution < 1.29 is 9.53 Å². The van der Waals surface area contributed by atoms with Gasteiger partial charge in [-0.3, -0.25) is 4.79 Å². The zero-order valence-electron chi connectivity index (χ0n) is 13.0. The minimum atomic E-state index is -0.102. The van der Waals surface area contributed by atoms with E-state index in [9.17, 15) is 4.79 Å². The normalized spacial score (nSPS) is 19.1. The fourth-order valence-corrected chi connectivity index (χ4v) is 2.80. The summed E-state index contributed by atoms with van der Waals surface area (Å²) in [5.74, 6) is 0.566. The quantitative estimate of drug-likeness (QED) is 0.754. The Bertz CT molecular complexity index is 484. The zero-order chi connectivity index (χ0) is 15.2. The van der Waals surface area contributed by atoms with Crippen molar-refractivity contribution in [2.75, 3.05) is 24.3 Å². The number of benzene rings is 1. The maximum Gasteiger partial charge on any atom is 0.221 e. The van der Waals surface area contributed by atoms with Crippen LogP contribution < -0.4 is 20.7 Å². The molecule has 116 valence electrons. The lowest BCUT2D eigenvalue weighted by Gasteiger charge is -2.20. The Kier molecular flexibility index (Phi) is 5.44. The maximum atomic E-state index is 11.1. The SMILES string of the molecule is COc1cc(NC(C)CC2CCCN2)ccc1NC(C)=O. The molecule has 0 aliphatic carbocycles. The number of amides is 1. The van der Waals surface area contributed by atoms with Gasteiger partial charge >= 0.3 is 0 Å². The number of carbonyl (C=O) groups excluding carboxylic acids is 1. The zero-order valence-corrected chi connectivity index (χ0v) is 13.0. The van der Waals surface area contributed by atoms with Gasteiger partial charge in [0.1, 0.15) is 5.75 Å². The summed E-state index contributed by atoms with van der Waals surface area (Å²) in [7, 11) is 1.61. The molecule has 0 aromatic heterocycles. The van der Waals surface area contributed by atoms with E-state index < -0.39 is 0 Å². The van der Waals surface area contributed by atoms with Crippen LogP contribution in [0.4, 0.5) is 11.4 Å². The van der Waals surface area contributed by atoms with Crippen LogP contribution in [0.25, 0.3) is 0 Å². The van der Waals surface area contributed by atoms with E-state index in [1.807, 2.05) is 18.2 Å². The molecule has 1 amide bonds. The lowest BCUT2D eigenvalue weighted by molar-refractivity contribution is -0.114. The second-order valence-corrected chi connectivity index (χ2v) is 5.67. The number of rotatable bonds is 6. The van der Waals surface area contributed by atoms with Crippen LogP contribution in [0.15, 0.2) is 18.2 Å². The van der Waals surface area contributed by atoms with Gasteiger partial charge in [-0.05, 0) is 44.9 Å². The average molecular weight is 291 g/mol. The average Bonchev–Trinajstić information content (AvgIpc) is 2.92. The maximum absolute atomic E-state index is 11.1. The summed E-state index contributed by atoms with van der Waals surface area (Å²) in [6.07, 6.45) is 3.64. The molecule has 1 heterocycles. The van der Waals surface area contributed by atoms with Gasteiger partial charge < -0.3 is 20.7 Å². The Hall–Kier alpha value is -1.75. The van der Waals surface area contributed by atoms with Crippen LogP contribution in [0.2, 0.25) is 0 Å². The van der Waals surface area contributed by atoms with Crippen molar-refractivity contribution in [2.45, 2.75) is 45.2 Å². The van der Waals surface area contributed by atoms with Gasteiger partial charge in [-0.25, -0.2) is 0 Å². The van der Waals surface area contributed by atoms with E-state index >= 15 is 0 Å².